The van der Waals surface area contributed by atoms with Crippen LogP contribution in [0.3, 0.4) is 0 Å². The van der Waals surface area contributed by atoms with Gasteiger partial charge in [0.25, 0.3) is 12.4 Å². The Morgan fingerprint density at radius 1 is 1.00 bits per heavy atom. The first kappa shape index (κ1) is 42.1. The van der Waals surface area contributed by atoms with Crippen molar-refractivity contribution in [3.63, 3.8) is 0 Å². The Morgan fingerprint density at radius 3 is 2.24 bits per heavy atom. The summed E-state index contributed by atoms with van der Waals surface area (Å²) in [5.41, 5.74) is 1.30. The third-order valence-corrected chi connectivity index (χ3v) is 10.9. The molecule has 0 saturated heterocycles. The van der Waals surface area contributed by atoms with E-state index in [-0.39, 0.29) is 49.5 Å². The number of carbonyl (C=O) groups is 3. The fourth-order valence-electron chi connectivity index (χ4n) is 6.62. The number of carboxylic acid groups (broad SMARTS) is 2. The lowest BCUT2D eigenvalue weighted by molar-refractivity contribution is -0.141. The Kier molecular flexibility index (Phi) is 13.5. The number of nitrogens with one attached hydrogen (secondary N) is 2. The number of hydrogen-bond donors (Lipinski definition) is 7. The van der Waals surface area contributed by atoms with Gasteiger partial charge in [-0.1, -0.05) is 76.2 Å². The number of carbonyl (C=O) groups excluding carboxylic acids is 1. The number of halogens is 3. The molecule has 2 heterocycles. The fourth-order valence-corrected chi connectivity index (χ4v) is 8.46. The molecule has 1 aromatic heterocycles. The predicted molar refractivity (Wildman–Crippen MR) is 202 cm³/mol. The van der Waals surface area contributed by atoms with Crippen LogP contribution in [0.4, 0.5) is 18.9 Å². The van der Waals surface area contributed by atoms with Crippen LogP contribution in [0.15, 0.2) is 72.9 Å². The van der Waals surface area contributed by atoms with Crippen molar-refractivity contribution in [3.8, 4) is 0 Å². The summed E-state index contributed by atoms with van der Waals surface area (Å²) < 4.78 is 65.7. The molecular weight excluding hydrogens is 729 g/mol. The number of nitrogens with zero attached hydrogens (tertiary/aromatic N) is 2. The van der Waals surface area contributed by atoms with Crippen molar-refractivity contribution in [2.75, 3.05) is 16.6 Å². The van der Waals surface area contributed by atoms with Crippen LogP contribution in [-0.4, -0.2) is 77.8 Å². The summed E-state index contributed by atoms with van der Waals surface area (Å²) in [5, 5.41) is 35.3. The van der Waals surface area contributed by atoms with Gasteiger partial charge in [0, 0.05) is 36.8 Å². The molecule has 5 rings (SSSR count). The van der Waals surface area contributed by atoms with Gasteiger partial charge in [-0.2, -0.15) is 13.2 Å². The topological polar surface area (TPSA) is 185 Å². The van der Waals surface area contributed by atoms with Crippen LogP contribution in [0.1, 0.15) is 60.3 Å². The summed E-state index contributed by atoms with van der Waals surface area (Å²) in [6, 6.07) is 15.0. The van der Waals surface area contributed by atoms with E-state index < -0.39 is 58.0 Å². The quantitative estimate of drug-likeness (QED) is 0.0795. The van der Waals surface area contributed by atoms with Gasteiger partial charge in [0.2, 0.25) is 0 Å². The Hall–Kier alpha value is -4.61. The zero-order chi connectivity index (χ0) is 40.0. The van der Waals surface area contributed by atoms with Gasteiger partial charge in [-0.05, 0) is 53.1 Å². The summed E-state index contributed by atoms with van der Waals surface area (Å²) >= 11 is 0. The van der Waals surface area contributed by atoms with Gasteiger partial charge in [-0.15, -0.1) is 10.8 Å². The minimum absolute atomic E-state index is 0.0462. The number of aryl methyl sites for hydroxylation is 2. The van der Waals surface area contributed by atoms with Crippen molar-refractivity contribution in [1.29, 1.82) is 0 Å². The molecule has 0 saturated carbocycles. The summed E-state index contributed by atoms with van der Waals surface area (Å²) in [7, 11) is -3.67. The number of aliphatic carboxylic acids is 1. The lowest BCUT2D eigenvalue weighted by atomic mass is 9.86. The number of alkyl halides is 3. The van der Waals surface area contributed by atoms with Gasteiger partial charge in [-0.3, -0.25) is 23.0 Å². The second-order valence-electron chi connectivity index (χ2n) is 14.1. The first-order valence-corrected chi connectivity index (χ1v) is 18.9. The second kappa shape index (κ2) is 17.2. The molecule has 4 aromatic rings. The van der Waals surface area contributed by atoms with Crippen molar-refractivity contribution in [2.45, 2.75) is 78.0 Å². The van der Waals surface area contributed by atoms with E-state index in [2.05, 4.69) is 10.6 Å². The second-order valence-corrected chi connectivity index (χ2v) is 16.2. The molecule has 3 aromatic carbocycles. The van der Waals surface area contributed by atoms with Crippen LogP contribution in [-0.2, 0) is 41.7 Å². The van der Waals surface area contributed by atoms with Gasteiger partial charge in [0.15, 0.2) is 6.04 Å². The van der Waals surface area contributed by atoms with Crippen molar-refractivity contribution < 1.29 is 52.0 Å². The third-order valence-electron chi connectivity index (χ3n) is 9.14. The maximum Gasteiger partial charge on any atom is 0.416 e. The predicted octanol–water partition coefficient (Wildman–Crippen LogP) is 6.40. The highest BCUT2D eigenvalue weighted by molar-refractivity contribution is 8.25. The van der Waals surface area contributed by atoms with E-state index in [0.717, 1.165) is 23.3 Å². The highest BCUT2D eigenvalue weighted by Crippen LogP contribution is 2.54. The van der Waals surface area contributed by atoms with E-state index in [1.807, 2.05) is 48.0 Å². The summed E-state index contributed by atoms with van der Waals surface area (Å²) in [6.45, 7) is 7.03. The molecule has 0 spiro atoms. The van der Waals surface area contributed by atoms with Crippen LogP contribution in [0.2, 0.25) is 0 Å². The monoisotopic (exact) mass is 776 g/mol. The number of rotatable bonds is 12. The largest absolute Gasteiger partial charge is 0.483 e. The molecule has 16 heteroatoms. The Morgan fingerprint density at radius 2 is 1.65 bits per heavy atom. The molecule has 3 atom stereocenters. The maximum atomic E-state index is 14.2. The van der Waals surface area contributed by atoms with Crippen LogP contribution >= 0.6 is 10.8 Å². The molecule has 1 amide bonds. The summed E-state index contributed by atoms with van der Waals surface area (Å²) in [6.07, 6.45) is -2.95. The zero-order valence-electron chi connectivity index (χ0n) is 30.4. The minimum atomic E-state index is -4.49. The molecule has 7 N–H and O–H groups in total. The number of benzene rings is 3. The highest BCUT2D eigenvalue weighted by Gasteiger charge is 2.45. The van der Waals surface area contributed by atoms with Crippen molar-refractivity contribution in [3.05, 3.63) is 101 Å². The van der Waals surface area contributed by atoms with E-state index in [9.17, 15) is 42.1 Å². The van der Waals surface area contributed by atoms with Crippen molar-refractivity contribution in [1.82, 2.24) is 15.2 Å². The molecule has 0 radical (unpaired) electrons. The lowest BCUT2D eigenvalue weighted by Crippen LogP contribution is -2.51. The van der Waals surface area contributed by atoms with Crippen LogP contribution in [0.5, 0.6) is 0 Å². The molecule has 12 nitrogen and oxygen atoms in total. The van der Waals surface area contributed by atoms with Crippen LogP contribution in [0, 0.1) is 5.41 Å². The van der Waals surface area contributed by atoms with Gasteiger partial charge >= 0.3 is 12.1 Å². The average molecular weight is 777 g/mol. The van der Waals surface area contributed by atoms with E-state index in [4.69, 9.17) is 9.90 Å². The highest BCUT2D eigenvalue weighted by atomic mass is 32.3. The molecule has 0 fully saturated rings. The molecule has 0 bridgehead atoms. The smallest absolute Gasteiger partial charge is 0.416 e. The molecule has 1 aliphatic rings. The molecule has 0 aliphatic carbocycles. The molecular formula is C38H47F3N4O8S. The fraction of sp³-hybridized carbons (Fsp3) is 0.395. The molecule has 54 heavy (non-hydrogen) atoms. The number of aromatic nitrogens is 1. The van der Waals surface area contributed by atoms with Crippen LogP contribution in [0.25, 0.3) is 10.9 Å². The van der Waals surface area contributed by atoms with Gasteiger partial charge in [0.1, 0.15) is 0 Å². The van der Waals surface area contributed by atoms with Crippen molar-refractivity contribution >= 4 is 45.7 Å². The van der Waals surface area contributed by atoms with E-state index in [1.54, 1.807) is 32.9 Å². The normalized spacial score (nSPS) is 16.3. The van der Waals surface area contributed by atoms with Crippen LogP contribution < -0.4 is 14.9 Å². The number of aliphatic hydroxyl groups is 1. The summed E-state index contributed by atoms with van der Waals surface area (Å²) in [5.74, 6) is -1.94. The van der Waals surface area contributed by atoms with Gasteiger partial charge in [0.05, 0.1) is 34.7 Å². The number of hydrogen-bond acceptors (Lipinski definition) is 8. The van der Waals surface area contributed by atoms with Gasteiger partial charge < -0.3 is 30.5 Å². The van der Waals surface area contributed by atoms with E-state index in [1.165, 1.54) is 16.4 Å². The average Bonchev–Trinajstić information content (AvgIpc) is 3.42. The number of amides is 1. The standard InChI is InChI=1S/C37H45F3N4O6S.CH2O2/c1-5-25-22-43-14-15-51(49,50)44(33(35(47)48)36(2,3)4)30-19-26(18-28(25)32(30)43)34(46)42-29(17-23-10-7-6-8-11-23)31(45)21-41-20-24-12-9-13-27(16-24)37(38,39)40;2-1-3/h6-13,16,18-19,22,29,31,33,41,45,49-50H,5,14-15,17,20-21H2,1-4H3,(H,42,46)(H,47,48);1H,(H,2,3)/t29-,31+,33?;/m0./s1. The Balaban J connectivity index is 0.00000209. The first-order valence-electron chi connectivity index (χ1n) is 17.2. The third kappa shape index (κ3) is 9.92. The van der Waals surface area contributed by atoms with E-state index in [0.29, 0.717) is 22.9 Å². The number of aliphatic hydroxyl groups excluding tert-OH is 1. The Bertz CT molecular complexity index is 1930. The van der Waals surface area contributed by atoms with Gasteiger partial charge in [-0.25, -0.2) is 4.79 Å². The van der Waals surface area contributed by atoms with Crippen molar-refractivity contribution in [2.24, 2.45) is 5.41 Å². The SMILES string of the molecule is CCc1cn2c3c(cc(C(=O)N[C@@H](Cc4ccccc4)[C@H](O)CNCc4cccc(C(F)(F)F)c4)cc13)N(C(C(=O)O)C(C)(C)C)S(O)(O)CC2.O=CO. The summed E-state index contributed by atoms with van der Waals surface area (Å²) in [4.78, 5) is 35.3. The Labute approximate surface area is 313 Å². The molecule has 1 unspecified atom stereocenters. The number of anilines is 1. The minimum Gasteiger partial charge on any atom is -0.483 e. The molecule has 1 aliphatic heterocycles. The van der Waals surface area contributed by atoms with E-state index >= 15 is 0 Å². The first-order chi connectivity index (χ1) is 25.3. The molecule has 294 valence electrons. The maximum absolute atomic E-state index is 14.2. The lowest BCUT2D eigenvalue weighted by Gasteiger charge is -2.49. The zero-order valence-corrected chi connectivity index (χ0v) is 31.2. The number of carboxylic acids is 1.